The second-order valence-electron chi connectivity index (χ2n) is 3.79. The van der Waals surface area contributed by atoms with Gasteiger partial charge >= 0.3 is 0 Å². The van der Waals surface area contributed by atoms with E-state index in [1.807, 2.05) is 26.0 Å². The summed E-state index contributed by atoms with van der Waals surface area (Å²) in [5.74, 6) is 2.12. The van der Waals surface area contributed by atoms with E-state index in [0.717, 1.165) is 24.6 Å². The number of aromatic nitrogens is 4. The van der Waals surface area contributed by atoms with Gasteiger partial charge in [-0.1, -0.05) is 0 Å². The van der Waals surface area contributed by atoms with E-state index in [-0.39, 0.29) is 0 Å². The lowest BCUT2D eigenvalue weighted by molar-refractivity contribution is 0.898. The molecule has 2 aromatic rings. The van der Waals surface area contributed by atoms with Crippen molar-refractivity contribution in [1.82, 2.24) is 19.9 Å². The summed E-state index contributed by atoms with van der Waals surface area (Å²) in [5, 5.41) is 3.19. The molecule has 0 fully saturated rings. The van der Waals surface area contributed by atoms with Crippen molar-refractivity contribution < 1.29 is 0 Å². The number of aryl methyl sites for hydroxylation is 2. The van der Waals surface area contributed by atoms with Gasteiger partial charge in [0.2, 0.25) is 5.95 Å². The molecule has 1 N–H and O–H groups in total. The zero-order valence-electron chi connectivity index (χ0n) is 10.0. The Morgan fingerprint density at radius 2 is 1.65 bits per heavy atom. The van der Waals surface area contributed by atoms with Crippen molar-refractivity contribution in [3.63, 3.8) is 0 Å². The van der Waals surface area contributed by atoms with Crippen LogP contribution in [0.4, 0.5) is 5.95 Å². The second-order valence-corrected chi connectivity index (χ2v) is 3.79. The largest absolute Gasteiger partial charge is 0.354 e. The van der Waals surface area contributed by atoms with Crippen LogP contribution >= 0.6 is 0 Å². The Labute approximate surface area is 100 Å². The van der Waals surface area contributed by atoms with Gasteiger partial charge in [0.1, 0.15) is 11.6 Å². The normalized spacial score (nSPS) is 10.2. The number of pyridine rings is 1. The van der Waals surface area contributed by atoms with Gasteiger partial charge in [-0.15, -0.1) is 0 Å². The highest BCUT2D eigenvalue weighted by Gasteiger charge is 1.99. The third-order valence-electron chi connectivity index (χ3n) is 2.31. The fourth-order valence-electron chi connectivity index (χ4n) is 1.56. The lowest BCUT2D eigenvalue weighted by Crippen LogP contribution is -2.10. The SMILES string of the molecule is Cc1nc(C)nc(NCCc2ccncc2)n1. The van der Waals surface area contributed by atoms with Crippen LogP contribution in [0.2, 0.25) is 0 Å². The van der Waals surface area contributed by atoms with Crippen LogP contribution in [0.5, 0.6) is 0 Å². The second kappa shape index (κ2) is 5.34. The average Bonchev–Trinajstić information content (AvgIpc) is 2.29. The van der Waals surface area contributed by atoms with Gasteiger partial charge in [0.05, 0.1) is 0 Å². The first-order chi connectivity index (χ1) is 8.24. The van der Waals surface area contributed by atoms with Gasteiger partial charge in [-0.3, -0.25) is 4.98 Å². The van der Waals surface area contributed by atoms with E-state index in [9.17, 15) is 0 Å². The molecule has 2 rings (SSSR count). The predicted octanol–water partition coefficient (Wildman–Crippen LogP) is 1.54. The van der Waals surface area contributed by atoms with Crippen molar-refractivity contribution in [2.75, 3.05) is 11.9 Å². The number of rotatable bonds is 4. The molecule has 0 saturated carbocycles. The van der Waals surface area contributed by atoms with E-state index >= 15 is 0 Å². The molecule has 0 spiro atoms. The van der Waals surface area contributed by atoms with Crippen LogP contribution in [0.3, 0.4) is 0 Å². The van der Waals surface area contributed by atoms with E-state index in [4.69, 9.17) is 0 Å². The van der Waals surface area contributed by atoms with Gasteiger partial charge in [-0.2, -0.15) is 9.97 Å². The van der Waals surface area contributed by atoms with Crippen molar-refractivity contribution in [3.05, 3.63) is 41.7 Å². The van der Waals surface area contributed by atoms with Gasteiger partial charge < -0.3 is 5.32 Å². The predicted molar refractivity (Wildman–Crippen MR) is 65.7 cm³/mol. The van der Waals surface area contributed by atoms with Crippen LogP contribution in [0.25, 0.3) is 0 Å². The van der Waals surface area contributed by atoms with Crippen LogP contribution < -0.4 is 5.32 Å². The molecule has 0 aliphatic carbocycles. The first-order valence-electron chi connectivity index (χ1n) is 5.56. The Hall–Kier alpha value is -2.04. The first-order valence-corrected chi connectivity index (χ1v) is 5.56. The highest BCUT2D eigenvalue weighted by molar-refractivity contribution is 5.24. The lowest BCUT2D eigenvalue weighted by atomic mass is 10.2. The van der Waals surface area contributed by atoms with Crippen molar-refractivity contribution in [3.8, 4) is 0 Å². The van der Waals surface area contributed by atoms with Gasteiger partial charge in [0, 0.05) is 18.9 Å². The zero-order chi connectivity index (χ0) is 12.1. The van der Waals surface area contributed by atoms with E-state index < -0.39 is 0 Å². The summed E-state index contributed by atoms with van der Waals surface area (Å²) >= 11 is 0. The lowest BCUT2D eigenvalue weighted by Gasteiger charge is -2.05. The maximum atomic E-state index is 4.22. The highest BCUT2D eigenvalue weighted by Crippen LogP contribution is 2.01. The molecular weight excluding hydrogens is 214 g/mol. The van der Waals surface area contributed by atoms with Crippen LogP contribution in [0.15, 0.2) is 24.5 Å². The third-order valence-corrected chi connectivity index (χ3v) is 2.31. The standard InChI is InChI=1S/C12H15N5/c1-9-15-10(2)17-12(16-9)14-8-5-11-3-6-13-7-4-11/h3-4,6-7H,5,8H2,1-2H3,(H,14,15,16,17). The van der Waals surface area contributed by atoms with Crippen LogP contribution in [0, 0.1) is 13.8 Å². The van der Waals surface area contributed by atoms with Crippen LogP contribution in [0.1, 0.15) is 17.2 Å². The molecule has 2 heterocycles. The van der Waals surface area contributed by atoms with Crippen molar-refractivity contribution >= 4 is 5.95 Å². The summed E-state index contributed by atoms with van der Waals surface area (Å²) in [5.41, 5.74) is 1.25. The molecule has 17 heavy (non-hydrogen) atoms. The summed E-state index contributed by atoms with van der Waals surface area (Å²) in [6.07, 6.45) is 4.52. The molecule has 0 bridgehead atoms. The average molecular weight is 229 g/mol. The minimum absolute atomic E-state index is 0.643. The Balaban J connectivity index is 1.90. The maximum Gasteiger partial charge on any atom is 0.226 e. The topological polar surface area (TPSA) is 63.6 Å². The Bertz CT molecular complexity index is 463. The fourth-order valence-corrected chi connectivity index (χ4v) is 1.56. The Kier molecular flexibility index (Phi) is 3.59. The van der Waals surface area contributed by atoms with Gasteiger partial charge in [0.15, 0.2) is 0 Å². The molecule has 0 amide bonds. The molecule has 0 aliphatic heterocycles. The molecule has 88 valence electrons. The molecule has 0 unspecified atom stereocenters. The van der Waals surface area contributed by atoms with Gasteiger partial charge in [-0.05, 0) is 38.0 Å². The fraction of sp³-hybridized carbons (Fsp3) is 0.333. The molecule has 0 radical (unpaired) electrons. The summed E-state index contributed by atoms with van der Waals surface area (Å²) in [4.78, 5) is 16.6. The highest BCUT2D eigenvalue weighted by atomic mass is 15.1. The van der Waals surface area contributed by atoms with Crippen molar-refractivity contribution in [1.29, 1.82) is 0 Å². The molecule has 0 aliphatic rings. The first kappa shape index (κ1) is 11.4. The summed E-state index contributed by atoms with van der Waals surface area (Å²) in [6.45, 7) is 4.53. The zero-order valence-corrected chi connectivity index (χ0v) is 10.0. The summed E-state index contributed by atoms with van der Waals surface area (Å²) in [7, 11) is 0. The molecule has 5 nitrogen and oxygen atoms in total. The van der Waals surface area contributed by atoms with Gasteiger partial charge in [-0.25, -0.2) is 4.98 Å². The number of nitrogens with one attached hydrogen (secondary N) is 1. The molecule has 0 saturated heterocycles. The Morgan fingerprint density at radius 3 is 2.29 bits per heavy atom. The quantitative estimate of drug-likeness (QED) is 0.861. The minimum atomic E-state index is 0.643. The number of anilines is 1. The van der Waals surface area contributed by atoms with Gasteiger partial charge in [0.25, 0.3) is 0 Å². The van der Waals surface area contributed by atoms with E-state index in [0.29, 0.717) is 5.95 Å². The molecule has 0 atom stereocenters. The van der Waals surface area contributed by atoms with Crippen molar-refractivity contribution in [2.45, 2.75) is 20.3 Å². The number of nitrogens with zero attached hydrogens (tertiary/aromatic N) is 4. The van der Waals surface area contributed by atoms with E-state index in [1.165, 1.54) is 5.56 Å². The summed E-state index contributed by atoms with van der Waals surface area (Å²) in [6, 6.07) is 4.01. The Morgan fingerprint density at radius 1 is 1.00 bits per heavy atom. The molecule has 5 heteroatoms. The third kappa shape index (κ3) is 3.48. The smallest absolute Gasteiger partial charge is 0.226 e. The molecular formula is C12H15N5. The molecule has 0 aromatic carbocycles. The summed E-state index contributed by atoms with van der Waals surface area (Å²) < 4.78 is 0. The van der Waals surface area contributed by atoms with Crippen LogP contribution in [-0.4, -0.2) is 26.5 Å². The monoisotopic (exact) mass is 229 g/mol. The van der Waals surface area contributed by atoms with E-state index in [2.05, 4.69) is 25.3 Å². The number of hydrogen-bond donors (Lipinski definition) is 1. The van der Waals surface area contributed by atoms with E-state index in [1.54, 1.807) is 12.4 Å². The van der Waals surface area contributed by atoms with Crippen molar-refractivity contribution in [2.24, 2.45) is 0 Å². The minimum Gasteiger partial charge on any atom is -0.354 e. The maximum absolute atomic E-state index is 4.22. The number of hydrogen-bond acceptors (Lipinski definition) is 5. The van der Waals surface area contributed by atoms with Crippen LogP contribution in [-0.2, 0) is 6.42 Å². The molecule has 2 aromatic heterocycles.